The summed E-state index contributed by atoms with van der Waals surface area (Å²) < 4.78 is 0. The van der Waals surface area contributed by atoms with Crippen LogP contribution in [0.2, 0.25) is 0 Å². The van der Waals surface area contributed by atoms with Crippen LogP contribution in [0.4, 0.5) is 0 Å². The summed E-state index contributed by atoms with van der Waals surface area (Å²) in [6.07, 6.45) is 10.3. The Balaban J connectivity index is 1.66. The zero-order valence-corrected chi connectivity index (χ0v) is 15.1. The number of rotatable bonds is 2. The molecule has 0 aromatic heterocycles. The van der Waals surface area contributed by atoms with Gasteiger partial charge in [-0.05, 0) is 86.9 Å². The van der Waals surface area contributed by atoms with Gasteiger partial charge in [0.1, 0.15) is 5.78 Å². The van der Waals surface area contributed by atoms with Crippen molar-refractivity contribution in [3.8, 4) is 0 Å². The molecule has 3 fully saturated rings. The average Bonchev–Trinajstić information content (AvgIpc) is 2.91. The molecule has 0 amide bonds. The average molecular weight is 332 g/mol. The quantitative estimate of drug-likeness (QED) is 0.761. The normalized spacial score (nSPS) is 50.5. The molecule has 7 atom stereocenters. The molecule has 0 heterocycles. The van der Waals surface area contributed by atoms with Gasteiger partial charge in [-0.3, -0.25) is 4.79 Å². The van der Waals surface area contributed by atoms with Gasteiger partial charge in [0.15, 0.2) is 0 Å². The highest BCUT2D eigenvalue weighted by atomic mass is 16.3. The van der Waals surface area contributed by atoms with E-state index >= 15 is 0 Å². The first kappa shape index (κ1) is 16.8. The van der Waals surface area contributed by atoms with Crippen molar-refractivity contribution in [2.45, 2.75) is 71.3 Å². The van der Waals surface area contributed by atoms with Gasteiger partial charge in [0, 0.05) is 12.5 Å². The minimum Gasteiger partial charge on any atom is -0.396 e. The fraction of sp³-hybridized carbons (Fsp3) is 0.857. The van der Waals surface area contributed by atoms with E-state index in [1.807, 2.05) is 0 Å². The van der Waals surface area contributed by atoms with Gasteiger partial charge in [-0.2, -0.15) is 0 Å². The third kappa shape index (κ3) is 2.13. The highest BCUT2D eigenvalue weighted by Gasteiger charge is 2.59. The van der Waals surface area contributed by atoms with Crippen LogP contribution in [0.25, 0.3) is 0 Å². The fourth-order valence-electron chi connectivity index (χ4n) is 7.29. The lowest BCUT2D eigenvalue weighted by Gasteiger charge is -2.60. The van der Waals surface area contributed by atoms with Crippen LogP contribution in [-0.4, -0.2) is 28.7 Å². The van der Waals surface area contributed by atoms with Crippen molar-refractivity contribution in [1.82, 2.24) is 0 Å². The lowest BCUT2D eigenvalue weighted by atomic mass is 9.45. The molecule has 2 N–H and O–H groups in total. The van der Waals surface area contributed by atoms with E-state index in [0.717, 1.165) is 44.9 Å². The number of aliphatic hydroxyl groups is 2. The number of hydrogen-bond acceptors (Lipinski definition) is 3. The second kappa shape index (κ2) is 5.67. The molecule has 0 aromatic carbocycles. The Morgan fingerprint density at radius 1 is 1.25 bits per heavy atom. The molecule has 0 aliphatic heterocycles. The van der Waals surface area contributed by atoms with Crippen molar-refractivity contribution in [3.63, 3.8) is 0 Å². The SMILES string of the molecule is CC(=O)[C@H]1CC=C2[C@@H]3CCC4CC(O)CC[C@]4(CO)[C@H]3CC[C@@]21C. The van der Waals surface area contributed by atoms with Crippen molar-refractivity contribution in [2.75, 3.05) is 6.61 Å². The molecule has 3 nitrogen and oxygen atoms in total. The van der Waals surface area contributed by atoms with E-state index < -0.39 is 0 Å². The number of hydrogen-bond donors (Lipinski definition) is 2. The highest BCUT2D eigenvalue weighted by Crippen LogP contribution is 2.65. The van der Waals surface area contributed by atoms with Crippen molar-refractivity contribution >= 4 is 5.78 Å². The third-order valence-corrected chi connectivity index (χ3v) is 8.52. The number of carbonyl (C=O) groups excluding carboxylic acids is 1. The van der Waals surface area contributed by atoms with E-state index in [2.05, 4.69) is 13.0 Å². The largest absolute Gasteiger partial charge is 0.396 e. The van der Waals surface area contributed by atoms with Crippen LogP contribution >= 0.6 is 0 Å². The molecule has 134 valence electrons. The van der Waals surface area contributed by atoms with Crippen LogP contribution in [0, 0.1) is 34.5 Å². The van der Waals surface area contributed by atoms with E-state index in [0.29, 0.717) is 23.5 Å². The van der Waals surface area contributed by atoms with Gasteiger partial charge in [-0.25, -0.2) is 0 Å². The zero-order valence-electron chi connectivity index (χ0n) is 15.1. The van der Waals surface area contributed by atoms with Gasteiger partial charge in [0.2, 0.25) is 0 Å². The van der Waals surface area contributed by atoms with Crippen LogP contribution in [-0.2, 0) is 4.79 Å². The molecule has 0 radical (unpaired) electrons. The molecule has 4 aliphatic carbocycles. The maximum Gasteiger partial charge on any atom is 0.134 e. The highest BCUT2D eigenvalue weighted by molar-refractivity contribution is 5.80. The van der Waals surface area contributed by atoms with Crippen LogP contribution < -0.4 is 0 Å². The van der Waals surface area contributed by atoms with Crippen LogP contribution in [0.5, 0.6) is 0 Å². The number of aliphatic hydroxyl groups excluding tert-OH is 2. The Bertz CT molecular complexity index is 567. The lowest BCUT2D eigenvalue weighted by Crippen LogP contribution is -2.55. The monoisotopic (exact) mass is 332 g/mol. The molecule has 24 heavy (non-hydrogen) atoms. The zero-order chi connectivity index (χ0) is 17.1. The maximum absolute atomic E-state index is 12.1. The standard InChI is InChI=1S/C21H32O3/c1-13(23)17-5-6-18-16-4-3-14-11-15(24)7-10-21(14,12-22)19(16)8-9-20(17,18)2/h6,14-17,19,22,24H,3-5,7-12H2,1-2H3/t14?,15?,16-,17+,19-,20+,21+/m0/s1. The number of ketones is 1. The van der Waals surface area contributed by atoms with Crippen molar-refractivity contribution < 1.29 is 15.0 Å². The third-order valence-electron chi connectivity index (χ3n) is 8.52. The molecular formula is C21H32O3. The number of allylic oxidation sites excluding steroid dienone is 2. The number of fused-ring (bicyclic) bond motifs is 5. The lowest BCUT2D eigenvalue weighted by molar-refractivity contribution is -0.130. The first-order valence-corrected chi connectivity index (χ1v) is 9.92. The Morgan fingerprint density at radius 2 is 2.04 bits per heavy atom. The molecule has 0 aromatic rings. The van der Waals surface area contributed by atoms with Gasteiger partial charge in [-0.1, -0.05) is 18.6 Å². The molecule has 3 saturated carbocycles. The van der Waals surface area contributed by atoms with E-state index in [1.165, 1.54) is 12.0 Å². The summed E-state index contributed by atoms with van der Waals surface area (Å²) in [5.41, 5.74) is 1.61. The van der Waals surface area contributed by atoms with Crippen LogP contribution in [0.15, 0.2) is 11.6 Å². The summed E-state index contributed by atoms with van der Waals surface area (Å²) in [4.78, 5) is 12.1. The minimum absolute atomic E-state index is 0.0125. The smallest absolute Gasteiger partial charge is 0.134 e. The van der Waals surface area contributed by atoms with Crippen molar-refractivity contribution in [2.24, 2.45) is 34.5 Å². The molecule has 4 rings (SSSR count). The Hall–Kier alpha value is -0.670. The molecule has 0 saturated heterocycles. The molecule has 3 heteroatoms. The molecule has 0 bridgehead atoms. The topological polar surface area (TPSA) is 57.5 Å². The summed E-state index contributed by atoms with van der Waals surface area (Å²) in [5, 5.41) is 20.5. The summed E-state index contributed by atoms with van der Waals surface area (Å²) >= 11 is 0. The van der Waals surface area contributed by atoms with Gasteiger partial charge in [0.25, 0.3) is 0 Å². The van der Waals surface area contributed by atoms with Crippen LogP contribution in [0.3, 0.4) is 0 Å². The summed E-state index contributed by atoms with van der Waals surface area (Å²) in [7, 11) is 0. The summed E-state index contributed by atoms with van der Waals surface area (Å²) in [5.74, 6) is 2.07. The fourth-order valence-corrected chi connectivity index (χ4v) is 7.29. The second-order valence-corrected chi connectivity index (χ2v) is 9.32. The Labute approximate surface area is 145 Å². The van der Waals surface area contributed by atoms with Gasteiger partial charge in [0.05, 0.1) is 6.10 Å². The van der Waals surface area contributed by atoms with E-state index in [4.69, 9.17) is 0 Å². The molecular weight excluding hydrogens is 300 g/mol. The first-order valence-electron chi connectivity index (χ1n) is 9.92. The van der Waals surface area contributed by atoms with Crippen LogP contribution in [0.1, 0.15) is 65.2 Å². The van der Waals surface area contributed by atoms with E-state index in [1.54, 1.807) is 6.92 Å². The van der Waals surface area contributed by atoms with E-state index in [9.17, 15) is 15.0 Å². The summed E-state index contributed by atoms with van der Waals surface area (Å²) in [6, 6.07) is 0. The molecule has 2 unspecified atom stereocenters. The number of Topliss-reactive ketones (excluding diaryl/α,β-unsaturated/α-hetero) is 1. The minimum atomic E-state index is -0.173. The predicted molar refractivity (Wildman–Crippen MR) is 93.3 cm³/mol. The molecule has 0 spiro atoms. The first-order chi connectivity index (χ1) is 11.4. The second-order valence-electron chi connectivity index (χ2n) is 9.32. The molecule has 4 aliphatic rings. The van der Waals surface area contributed by atoms with E-state index in [-0.39, 0.29) is 29.5 Å². The Kier molecular flexibility index (Phi) is 3.96. The van der Waals surface area contributed by atoms with Gasteiger partial charge in [-0.15, -0.1) is 0 Å². The Morgan fingerprint density at radius 3 is 2.75 bits per heavy atom. The van der Waals surface area contributed by atoms with Crippen molar-refractivity contribution in [1.29, 1.82) is 0 Å². The maximum atomic E-state index is 12.1. The van der Waals surface area contributed by atoms with Gasteiger partial charge >= 0.3 is 0 Å². The summed E-state index contributed by atoms with van der Waals surface area (Å²) in [6.45, 7) is 4.34. The number of carbonyl (C=O) groups is 1. The van der Waals surface area contributed by atoms with Gasteiger partial charge < -0.3 is 10.2 Å². The van der Waals surface area contributed by atoms with Crippen molar-refractivity contribution in [3.05, 3.63) is 11.6 Å². The predicted octanol–water partition coefficient (Wildman–Crippen LogP) is 3.49.